The molecule has 0 fully saturated rings. The summed E-state index contributed by atoms with van der Waals surface area (Å²) in [6.45, 7) is 4.40. The minimum absolute atomic E-state index is 0.597. The van der Waals surface area contributed by atoms with E-state index < -0.39 is 0 Å². The van der Waals surface area contributed by atoms with Crippen LogP contribution in [0.2, 0.25) is 0 Å². The van der Waals surface area contributed by atoms with Crippen molar-refractivity contribution in [3.63, 3.8) is 0 Å². The van der Waals surface area contributed by atoms with Crippen molar-refractivity contribution in [3.8, 4) is 0 Å². The lowest BCUT2D eigenvalue weighted by Crippen LogP contribution is -2.19. The van der Waals surface area contributed by atoms with Gasteiger partial charge in [0.1, 0.15) is 29.0 Å². The summed E-state index contributed by atoms with van der Waals surface area (Å²) in [6, 6.07) is 5.70. The van der Waals surface area contributed by atoms with Gasteiger partial charge in [0.2, 0.25) is 0 Å². The average molecular weight is 247 g/mol. The van der Waals surface area contributed by atoms with Crippen LogP contribution in [-0.2, 0) is 6.54 Å². The lowest BCUT2D eigenvalue weighted by Gasteiger charge is -2.17. The molecule has 0 saturated carbocycles. The maximum atomic E-state index is 5.54. The van der Waals surface area contributed by atoms with E-state index in [1.54, 1.807) is 6.07 Å². The molecule has 0 aromatic carbocycles. The first-order valence-corrected chi connectivity index (χ1v) is 5.67. The molecule has 6 heteroatoms. The Morgan fingerprint density at radius 2 is 2.11 bits per heavy atom. The van der Waals surface area contributed by atoms with Crippen LogP contribution in [-0.4, -0.2) is 17.0 Å². The highest BCUT2D eigenvalue weighted by atomic mass is 16.3. The number of anilines is 2. The number of nitrogens with two attached hydrogens (primary N) is 1. The van der Waals surface area contributed by atoms with Crippen LogP contribution in [0, 0.1) is 13.8 Å². The van der Waals surface area contributed by atoms with Crippen molar-refractivity contribution < 1.29 is 4.42 Å². The second kappa shape index (κ2) is 5.05. The molecule has 0 spiro atoms. The van der Waals surface area contributed by atoms with Gasteiger partial charge in [-0.25, -0.2) is 15.8 Å². The quantitative estimate of drug-likeness (QED) is 0.631. The fourth-order valence-electron chi connectivity index (χ4n) is 1.71. The Labute approximate surface area is 106 Å². The topological polar surface area (TPSA) is 80.2 Å². The Bertz CT molecular complexity index is 537. The van der Waals surface area contributed by atoms with Crippen LogP contribution in [0.4, 0.5) is 11.6 Å². The highest BCUT2D eigenvalue weighted by molar-refractivity contribution is 5.48. The van der Waals surface area contributed by atoms with Gasteiger partial charge < -0.3 is 14.7 Å². The number of nitrogens with one attached hydrogen (secondary N) is 1. The molecule has 0 bridgehead atoms. The minimum Gasteiger partial charge on any atom is -0.464 e. The van der Waals surface area contributed by atoms with Gasteiger partial charge in [-0.1, -0.05) is 0 Å². The monoisotopic (exact) mass is 247 g/mol. The number of hydrogen-bond donors (Lipinski definition) is 2. The zero-order valence-electron chi connectivity index (χ0n) is 10.8. The molecule has 2 aromatic heterocycles. The van der Waals surface area contributed by atoms with Crippen LogP contribution in [0.1, 0.15) is 17.3 Å². The van der Waals surface area contributed by atoms with Crippen LogP contribution in [0.25, 0.3) is 0 Å². The summed E-state index contributed by atoms with van der Waals surface area (Å²) in [4.78, 5) is 10.5. The van der Waals surface area contributed by atoms with Crippen molar-refractivity contribution in [1.29, 1.82) is 0 Å². The van der Waals surface area contributed by atoms with Gasteiger partial charge in [-0.15, -0.1) is 0 Å². The summed E-state index contributed by atoms with van der Waals surface area (Å²) >= 11 is 0. The largest absolute Gasteiger partial charge is 0.464 e. The predicted octanol–water partition coefficient (Wildman–Crippen LogP) is 1.61. The molecule has 0 aliphatic heterocycles. The van der Waals surface area contributed by atoms with E-state index in [1.165, 1.54) is 0 Å². The second-order valence-corrected chi connectivity index (χ2v) is 4.17. The molecular formula is C12H17N5O. The summed E-state index contributed by atoms with van der Waals surface area (Å²) in [5.74, 6) is 9.23. The Morgan fingerprint density at radius 1 is 1.33 bits per heavy atom. The third kappa shape index (κ3) is 2.78. The highest BCUT2D eigenvalue weighted by Crippen LogP contribution is 2.17. The molecule has 0 amide bonds. The fraction of sp³-hybridized carbons (Fsp3) is 0.333. The smallest absolute Gasteiger partial charge is 0.145 e. The number of nitrogens with zero attached hydrogens (tertiary/aromatic N) is 3. The minimum atomic E-state index is 0.597. The predicted molar refractivity (Wildman–Crippen MR) is 70.1 cm³/mol. The van der Waals surface area contributed by atoms with E-state index in [4.69, 9.17) is 10.3 Å². The number of nitrogen functional groups attached to an aromatic ring is 1. The SMILES string of the molecule is Cc1nc(NN)cc(N(C)Cc2ccc(C)o2)n1. The van der Waals surface area contributed by atoms with Gasteiger partial charge in [-0.3, -0.25) is 0 Å². The normalized spacial score (nSPS) is 10.4. The fourth-order valence-corrected chi connectivity index (χ4v) is 1.71. The third-order valence-corrected chi connectivity index (χ3v) is 2.55. The standard InChI is InChI=1S/C12H17N5O/c1-8-4-5-10(18-8)7-17(3)12-6-11(16-13)14-9(2)15-12/h4-6H,7,13H2,1-3H3,(H,14,15,16). The molecule has 2 rings (SSSR count). The molecule has 18 heavy (non-hydrogen) atoms. The summed E-state index contributed by atoms with van der Waals surface area (Å²) in [6.07, 6.45) is 0. The first kappa shape index (κ1) is 12.4. The summed E-state index contributed by atoms with van der Waals surface area (Å²) in [7, 11) is 1.94. The Morgan fingerprint density at radius 3 is 2.72 bits per heavy atom. The molecule has 96 valence electrons. The van der Waals surface area contributed by atoms with Gasteiger partial charge in [0, 0.05) is 13.1 Å². The first-order valence-electron chi connectivity index (χ1n) is 5.67. The third-order valence-electron chi connectivity index (χ3n) is 2.55. The summed E-state index contributed by atoms with van der Waals surface area (Å²) in [5.41, 5.74) is 2.53. The maximum Gasteiger partial charge on any atom is 0.145 e. The first-order chi connectivity index (χ1) is 8.58. The van der Waals surface area contributed by atoms with E-state index in [2.05, 4.69) is 15.4 Å². The zero-order chi connectivity index (χ0) is 13.1. The summed E-state index contributed by atoms with van der Waals surface area (Å²) in [5, 5.41) is 0. The average Bonchev–Trinajstić information content (AvgIpc) is 2.73. The Kier molecular flexibility index (Phi) is 3.47. The number of hydrogen-bond acceptors (Lipinski definition) is 6. The molecular weight excluding hydrogens is 230 g/mol. The van der Waals surface area contributed by atoms with Crippen LogP contribution in [0.3, 0.4) is 0 Å². The molecule has 6 nitrogen and oxygen atoms in total. The van der Waals surface area contributed by atoms with Crippen molar-refractivity contribution in [2.24, 2.45) is 5.84 Å². The van der Waals surface area contributed by atoms with Gasteiger partial charge in [-0.05, 0) is 26.0 Å². The number of rotatable bonds is 4. The van der Waals surface area contributed by atoms with Crippen LogP contribution >= 0.6 is 0 Å². The van der Waals surface area contributed by atoms with Gasteiger partial charge in [0.25, 0.3) is 0 Å². The van der Waals surface area contributed by atoms with E-state index in [0.29, 0.717) is 18.2 Å². The Balaban J connectivity index is 2.17. The lowest BCUT2D eigenvalue weighted by molar-refractivity contribution is 0.481. The van der Waals surface area contributed by atoms with Crippen molar-refractivity contribution in [3.05, 3.63) is 35.5 Å². The van der Waals surface area contributed by atoms with E-state index in [0.717, 1.165) is 17.3 Å². The van der Waals surface area contributed by atoms with Gasteiger partial charge in [0.15, 0.2) is 0 Å². The van der Waals surface area contributed by atoms with Crippen molar-refractivity contribution >= 4 is 11.6 Å². The summed E-state index contributed by atoms with van der Waals surface area (Å²) < 4.78 is 5.54. The lowest BCUT2D eigenvalue weighted by atomic mass is 10.4. The molecule has 0 unspecified atom stereocenters. The van der Waals surface area contributed by atoms with Crippen molar-refractivity contribution in [2.75, 3.05) is 17.4 Å². The van der Waals surface area contributed by atoms with Crippen molar-refractivity contribution in [2.45, 2.75) is 20.4 Å². The molecule has 0 aliphatic carbocycles. The molecule has 2 aromatic rings. The van der Waals surface area contributed by atoms with E-state index in [-0.39, 0.29) is 0 Å². The van der Waals surface area contributed by atoms with Crippen LogP contribution in [0.15, 0.2) is 22.6 Å². The molecule has 0 saturated heterocycles. The van der Waals surface area contributed by atoms with Crippen molar-refractivity contribution in [1.82, 2.24) is 9.97 Å². The Hall–Kier alpha value is -2.08. The molecule has 2 heterocycles. The van der Waals surface area contributed by atoms with Gasteiger partial charge >= 0.3 is 0 Å². The molecule has 3 N–H and O–H groups in total. The van der Waals surface area contributed by atoms with E-state index >= 15 is 0 Å². The number of aromatic nitrogens is 2. The maximum absolute atomic E-state index is 5.54. The van der Waals surface area contributed by atoms with E-state index in [9.17, 15) is 0 Å². The second-order valence-electron chi connectivity index (χ2n) is 4.17. The number of hydrazine groups is 1. The zero-order valence-corrected chi connectivity index (χ0v) is 10.8. The highest BCUT2D eigenvalue weighted by Gasteiger charge is 2.08. The van der Waals surface area contributed by atoms with Gasteiger partial charge in [0.05, 0.1) is 6.54 Å². The van der Waals surface area contributed by atoms with Crippen LogP contribution < -0.4 is 16.2 Å². The van der Waals surface area contributed by atoms with Crippen LogP contribution in [0.5, 0.6) is 0 Å². The number of furan rings is 1. The number of aryl methyl sites for hydroxylation is 2. The molecule has 0 radical (unpaired) electrons. The molecule has 0 aliphatic rings. The van der Waals surface area contributed by atoms with E-state index in [1.807, 2.05) is 37.9 Å². The molecule has 0 atom stereocenters. The van der Waals surface area contributed by atoms with Gasteiger partial charge in [-0.2, -0.15) is 0 Å².